The van der Waals surface area contributed by atoms with Crippen LogP contribution in [-0.4, -0.2) is 28.8 Å². The minimum atomic E-state index is -0.539. The molecule has 1 amide bonds. The van der Waals surface area contributed by atoms with Gasteiger partial charge in [0.1, 0.15) is 10.6 Å². The summed E-state index contributed by atoms with van der Waals surface area (Å²) in [7, 11) is 1.28. The Morgan fingerprint density at radius 3 is 2.96 bits per heavy atom. The molecule has 0 atom stereocenters. The number of nitrogens with zero attached hydrogens (tertiary/aromatic N) is 2. The average Bonchev–Trinajstić information content (AvgIpc) is 3.29. The van der Waals surface area contributed by atoms with Crippen molar-refractivity contribution in [2.75, 3.05) is 12.4 Å². The standard InChI is InChI=1S/C15H12ClN3O4S/c1-22-15(21)12-3-2-10(23-12)8-19-7-9(6-17-19)18-14(20)13-11(16)4-5-24-13/h2-7H,8H2,1H3,(H,18,20). The van der Waals surface area contributed by atoms with Crippen molar-refractivity contribution in [1.82, 2.24) is 9.78 Å². The highest BCUT2D eigenvalue weighted by molar-refractivity contribution is 7.12. The van der Waals surface area contributed by atoms with Gasteiger partial charge in [-0.15, -0.1) is 11.3 Å². The minimum absolute atomic E-state index is 0.125. The van der Waals surface area contributed by atoms with Crippen LogP contribution in [0, 0.1) is 0 Å². The van der Waals surface area contributed by atoms with Crippen LogP contribution >= 0.6 is 22.9 Å². The normalized spacial score (nSPS) is 10.6. The summed E-state index contributed by atoms with van der Waals surface area (Å²) in [5.74, 6) is -0.166. The molecule has 7 nitrogen and oxygen atoms in total. The van der Waals surface area contributed by atoms with Crippen molar-refractivity contribution in [3.05, 3.63) is 57.4 Å². The van der Waals surface area contributed by atoms with Gasteiger partial charge >= 0.3 is 5.97 Å². The zero-order chi connectivity index (χ0) is 17.1. The highest BCUT2D eigenvalue weighted by atomic mass is 35.5. The second-order valence-corrected chi connectivity index (χ2v) is 6.06. The lowest BCUT2D eigenvalue weighted by Crippen LogP contribution is -2.10. The fourth-order valence-corrected chi connectivity index (χ4v) is 3.03. The monoisotopic (exact) mass is 365 g/mol. The average molecular weight is 366 g/mol. The predicted octanol–water partition coefficient (Wildman–Crippen LogP) is 3.28. The second-order valence-electron chi connectivity index (χ2n) is 4.74. The number of carbonyl (C=O) groups excluding carboxylic acids is 2. The number of ether oxygens (including phenoxy) is 1. The van der Waals surface area contributed by atoms with E-state index in [1.165, 1.54) is 30.7 Å². The number of methoxy groups -OCH3 is 1. The number of furan rings is 1. The van der Waals surface area contributed by atoms with Crippen LogP contribution in [-0.2, 0) is 11.3 Å². The van der Waals surface area contributed by atoms with Gasteiger partial charge in [0.05, 0.1) is 30.6 Å². The lowest BCUT2D eigenvalue weighted by Gasteiger charge is -2.00. The largest absolute Gasteiger partial charge is 0.463 e. The fraction of sp³-hybridized carbons (Fsp3) is 0.133. The lowest BCUT2D eigenvalue weighted by atomic mass is 10.4. The van der Waals surface area contributed by atoms with Crippen LogP contribution in [0.15, 0.2) is 40.4 Å². The number of aromatic nitrogens is 2. The van der Waals surface area contributed by atoms with Gasteiger partial charge in [0, 0.05) is 6.20 Å². The van der Waals surface area contributed by atoms with Crippen LogP contribution < -0.4 is 5.32 Å². The molecule has 0 aliphatic heterocycles. The van der Waals surface area contributed by atoms with E-state index in [2.05, 4.69) is 15.2 Å². The van der Waals surface area contributed by atoms with Crippen molar-refractivity contribution in [1.29, 1.82) is 0 Å². The number of nitrogens with one attached hydrogen (secondary N) is 1. The van der Waals surface area contributed by atoms with Gasteiger partial charge < -0.3 is 14.5 Å². The van der Waals surface area contributed by atoms with E-state index in [-0.39, 0.29) is 11.7 Å². The van der Waals surface area contributed by atoms with Gasteiger partial charge in [-0.25, -0.2) is 4.79 Å². The maximum Gasteiger partial charge on any atom is 0.373 e. The summed E-state index contributed by atoms with van der Waals surface area (Å²) < 4.78 is 11.5. The lowest BCUT2D eigenvalue weighted by molar-refractivity contribution is 0.0562. The number of halogens is 1. The first-order chi connectivity index (χ1) is 11.6. The zero-order valence-corrected chi connectivity index (χ0v) is 14.1. The van der Waals surface area contributed by atoms with Gasteiger partial charge in [-0.2, -0.15) is 5.10 Å². The van der Waals surface area contributed by atoms with Crippen LogP contribution in [0.5, 0.6) is 0 Å². The third kappa shape index (κ3) is 3.50. The molecule has 0 aliphatic rings. The number of carbonyl (C=O) groups is 2. The Morgan fingerprint density at radius 1 is 1.42 bits per heavy atom. The summed E-state index contributed by atoms with van der Waals surface area (Å²) >= 11 is 7.20. The summed E-state index contributed by atoms with van der Waals surface area (Å²) in [5.41, 5.74) is 0.532. The molecule has 3 aromatic heterocycles. The van der Waals surface area contributed by atoms with Gasteiger partial charge in [0.25, 0.3) is 5.91 Å². The molecule has 0 saturated heterocycles. The van der Waals surface area contributed by atoms with Crippen molar-refractivity contribution in [3.63, 3.8) is 0 Å². The van der Waals surface area contributed by atoms with E-state index in [0.717, 1.165) is 0 Å². The highest BCUT2D eigenvalue weighted by Crippen LogP contribution is 2.23. The van der Waals surface area contributed by atoms with Crippen molar-refractivity contribution in [3.8, 4) is 0 Å². The Morgan fingerprint density at radius 2 is 2.25 bits per heavy atom. The SMILES string of the molecule is COC(=O)c1ccc(Cn2cc(NC(=O)c3sccc3Cl)cn2)o1. The fourth-order valence-electron chi connectivity index (χ4n) is 1.99. The highest BCUT2D eigenvalue weighted by Gasteiger charge is 2.14. The quantitative estimate of drug-likeness (QED) is 0.701. The molecule has 124 valence electrons. The molecule has 24 heavy (non-hydrogen) atoms. The Bertz CT molecular complexity index is 883. The first-order valence-corrected chi connectivity index (χ1v) is 8.06. The van der Waals surface area contributed by atoms with Crippen LogP contribution in [0.1, 0.15) is 26.0 Å². The Labute approximate surface area is 145 Å². The minimum Gasteiger partial charge on any atom is -0.463 e. The molecule has 0 unspecified atom stereocenters. The Kier molecular flexibility index (Phi) is 4.68. The molecule has 0 aliphatic carbocycles. The first kappa shape index (κ1) is 16.3. The number of rotatable bonds is 5. The number of esters is 1. The van der Waals surface area contributed by atoms with Crippen LogP contribution in [0.25, 0.3) is 0 Å². The third-order valence-electron chi connectivity index (χ3n) is 3.08. The topological polar surface area (TPSA) is 86.4 Å². The van der Waals surface area contributed by atoms with Crippen molar-refractivity contribution < 1.29 is 18.7 Å². The van der Waals surface area contributed by atoms with E-state index >= 15 is 0 Å². The molecular formula is C15H12ClN3O4S. The van der Waals surface area contributed by atoms with Crippen LogP contribution in [0.4, 0.5) is 5.69 Å². The van der Waals surface area contributed by atoms with Gasteiger partial charge in [-0.1, -0.05) is 11.6 Å². The molecule has 9 heteroatoms. The summed E-state index contributed by atoms with van der Waals surface area (Å²) in [5, 5.41) is 9.02. The van der Waals surface area contributed by atoms with E-state index in [0.29, 0.717) is 27.9 Å². The van der Waals surface area contributed by atoms with Gasteiger partial charge in [-0.3, -0.25) is 9.48 Å². The molecule has 0 spiro atoms. The van der Waals surface area contributed by atoms with Gasteiger partial charge in [-0.05, 0) is 23.6 Å². The molecular weight excluding hydrogens is 354 g/mol. The third-order valence-corrected chi connectivity index (χ3v) is 4.42. The number of amides is 1. The van der Waals surface area contributed by atoms with E-state index in [9.17, 15) is 9.59 Å². The van der Waals surface area contributed by atoms with Gasteiger partial charge in [0.15, 0.2) is 0 Å². The molecule has 3 heterocycles. The summed E-state index contributed by atoms with van der Waals surface area (Å²) in [6, 6.07) is 4.87. The first-order valence-electron chi connectivity index (χ1n) is 6.80. The number of anilines is 1. The van der Waals surface area contributed by atoms with E-state index in [4.69, 9.17) is 16.0 Å². The zero-order valence-electron chi connectivity index (χ0n) is 12.5. The molecule has 0 aromatic carbocycles. The summed E-state index contributed by atoms with van der Waals surface area (Å²) in [4.78, 5) is 23.9. The molecule has 3 rings (SSSR count). The molecule has 0 bridgehead atoms. The van der Waals surface area contributed by atoms with Crippen LogP contribution in [0.3, 0.4) is 0 Å². The smallest absolute Gasteiger partial charge is 0.373 e. The summed E-state index contributed by atoms with van der Waals surface area (Å²) in [6.07, 6.45) is 3.17. The predicted molar refractivity (Wildman–Crippen MR) is 88.7 cm³/mol. The number of thiophene rings is 1. The number of hydrogen-bond donors (Lipinski definition) is 1. The second kappa shape index (κ2) is 6.90. The van der Waals surface area contributed by atoms with E-state index in [1.807, 2.05) is 0 Å². The molecule has 3 aromatic rings. The maximum absolute atomic E-state index is 12.1. The molecule has 0 saturated carbocycles. The Balaban J connectivity index is 1.65. The molecule has 0 radical (unpaired) electrons. The van der Waals surface area contributed by atoms with Crippen molar-refractivity contribution in [2.24, 2.45) is 0 Å². The maximum atomic E-state index is 12.1. The Hall–Kier alpha value is -2.58. The van der Waals surface area contributed by atoms with Gasteiger partial charge in [0.2, 0.25) is 5.76 Å². The van der Waals surface area contributed by atoms with Crippen molar-refractivity contribution >= 4 is 40.5 Å². The number of hydrogen-bond acceptors (Lipinski definition) is 6. The van der Waals surface area contributed by atoms with Crippen LogP contribution in [0.2, 0.25) is 5.02 Å². The van der Waals surface area contributed by atoms with E-state index in [1.54, 1.807) is 28.4 Å². The van der Waals surface area contributed by atoms with E-state index < -0.39 is 5.97 Å². The molecule has 0 fully saturated rings. The van der Waals surface area contributed by atoms with Crippen molar-refractivity contribution in [2.45, 2.75) is 6.54 Å². The molecule has 1 N–H and O–H groups in total. The summed E-state index contributed by atoms with van der Waals surface area (Å²) in [6.45, 7) is 0.312.